The molecule has 9 atom stereocenters. The Morgan fingerprint density at radius 2 is 1.67 bits per heavy atom. The van der Waals surface area contributed by atoms with Crippen LogP contribution in [0.25, 0.3) is 0 Å². The first-order valence-electron chi connectivity index (χ1n) is 16.9. The number of hydrogen-bond acceptors (Lipinski definition) is 11. The third kappa shape index (κ3) is 8.18. The zero-order valence-corrected chi connectivity index (χ0v) is 30.3. The number of piperazine rings is 1. The van der Waals surface area contributed by atoms with Crippen molar-refractivity contribution in [2.45, 2.75) is 71.1 Å². The Morgan fingerprint density at radius 3 is 2.24 bits per heavy atom. The minimum Gasteiger partial charge on any atom is -0.443 e. The van der Waals surface area contributed by atoms with Crippen molar-refractivity contribution in [3.8, 4) is 0 Å². The lowest BCUT2D eigenvalue weighted by molar-refractivity contribution is -0.121. The van der Waals surface area contributed by atoms with Crippen LogP contribution < -0.4 is 11.1 Å². The molecule has 0 spiro atoms. The fraction of sp³-hybridized carbons (Fsp3) is 0.667. The number of carbonyl (C=O) groups is 4. The third-order valence-corrected chi connectivity index (χ3v) is 10.9. The highest BCUT2D eigenvalue weighted by Gasteiger charge is 2.62. The second-order valence-electron chi connectivity index (χ2n) is 14.1. The Morgan fingerprint density at radius 1 is 1.00 bits per heavy atom. The maximum Gasteiger partial charge on any atom is 0.404 e. The maximum atomic E-state index is 14.3. The number of rotatable bonds is 6. The van der Waals surface area contributed by atoms with E-state index in [1.165, 1.54) is 20.3 Å². The standard InChI is InChI=1S/C36H54N4O9/c1-20-11-10-12-26(45-6)33(49-35(37)44)36(4)19-24(36)22(3)32(48-9)27(46-7)17-21(2)31(47-8)23-18-25(41)29(28(30(23)42)38-34(20)43)40-15-13-39(5)14-16-40/h10-12,18,21-22,24,26-27,31-33H,13-17,19H2,1-9H3,(H2,37,44)(H,38,43)/b12-10-,20-11+/t21-,22-,24?,26-,27-,31+,32+,33-,36?/m0/s1. The molecule has 2 unspecified atom stereocenters. The van der Waals surface area contributed by atoms with Crippen LogP contribution in [0.3, 0.4) is 0 Å². The third-order valence-electron chi connectivity index (χ3n) is 10.9. The lowest BCUT2D eigenvalue weighted by Crippen LogP contribution is -2.49. The number of carbonyl (C=O) groups excluding carboxylic acids is 4. The highest BCUT2D eigenvalue weighted by atomic mass is 16.6. The first-order chi connectivity index (χ1) is 23.2. The second kappa shape index (κ2) is 16.1. The lowest BCUT2D eigenvalue weighted by atomic mass is 9.81. The molecule has 0 aromatic heterocycles. The molecular weight excluding hydrogens is 632 g/mol. The molecule has 13 heteroatoms. The van der Waals surface area contributed by atoms with Crippen LogP contribution in [0.15, 0.2) is 46.8 Å². The van der Waals surface area contributed by atoms with Crippen LogP contribution >= 0.6 is 0 Å². The zero-order chi connectivity index (χ0) is 36.2. The van der Waals surface area contributed by atoms with Crippen molar-refractivity contribution in [1.29, 1.82) is 0 Å². The van der Waals surface area contributed by atoms with Crippen LogP contribution in [0.4, 0.5) is 4.79 Å². The monoisotopic (exact) mass is 686 g/mol. The van der Waals surface area contributed by atoms with Crippen molar-refractivity contribution >= 4 is 23.6 Å². The number of ketones is 2. The van der Waals surface area contributed by atoms with E-state index in [1.807, 2.05) is 25.8 Å². The van der Waals surface area contributed by atoms with Crippen molar-refractivity contribution < 1.29 is 42.9 Å². The average Bonchev–Trinajstić information content (AvgIpc) is 3.76. The zero-order valence-electron chi connectivity index (χ0n) is 30.3. The SMILES string of the molecule is CO[C@H]1[C@@H](OC)C[C@H](C)[C@@H](OC)C2=CC(=O)C(N3CCN(C)CC3)=C(NC(=O)/C(C)=C/C=C\[C@H](OC)[C@H](OC(N)=O)C3(C)CC3[C@@H]1C)C2=O. The molecule has 2 bridgehead atoms. The van der Waals surface area contributed by atoms with E-state index in [1.54, 1.807) is 39.4 Å². The first-order valence-corrected chi connectivity index (χ1v) is 16.9. The number of likely N-dealkylation sites (N-methyl/N-ethyl adjacent to an activating group) is 1. The van der Waals surface area contributed by atoms with Crippen molar-refractivity contribution in [2.24, 2.45) is 28.9 Å². The van der Waals surface area contributed by atoms with Gasteiger partial charge < -0.3 is 44.5 Å². The predicted molar refractivity (Wildman–Crippen MR) is 182 cm³/mol. The molecule has 0 aromatic carbocycles. The van der Waals surface area contributed by atoms with Crippen LogP contribution in [-0.4, -0.2) is 126 Å². The summed E-state index contributed by atoms with van der Waals surface area (Å²) in [6, 6.07) is 0. The topological polar surface area (TPSA) is 159 Å². The average molecular weight is 687 g/mol. The summed E-state index contributed by atoms with van der Waals surface area (Å²) in [4.78, 5) is 58.0. The van der Waals surface area contributed by atoms with Gasteiger partial charge in [0.25, 0.3) is 5.91 Å². The summed E-state index contributed by atoms with van der Waals surface area (Å²) in [5.74, 6) is -1.65. The number of primary amides is 1. The van der Waals surface area contributed by atoms with Gasteiger partial charge in [0.05, 0.1) is 18.3 Å². The number of amides is 2. The number of nitrogens with two attached hydrogens (primary N) is 1. The van der Waals surface area contributed by atoms with Gasteiger partial charge in [-0.25, -0.2) is 4.79 Å². The maximum absolute atomic E-state index is 14.3. The molecule has 49 heavy (non-hydrogen) atoms. The van der Waals surface area contributed by atoms with Gasteiger partial charge >= 0.3 is 6.09 Å². The number of ether oxygens (including phenoxy) is 5. The number of allylic oxidation sites excluding steroid dienone is 4. The number of nitrogens with one attached hydrogen (secondary N) is 1. The predicted octanol–water partition coefficient (Wildman–Crippen LogP) is 2.37. The summed E-state index contributed by atoms with van der Waals surface area (Å²) >= 11 is 0. The quantitative estimate of drug-likeness (QED) is 0.395. The van der Waals surface area contributed by atoms with E-state index in [-0.39, 0.29) is 52.2 Å². The van der Waals surface area contributed by atoms with Gasteiger partial charge in [-0.05, 0) is 50.6 Å². The molecule has 4 rings (SSSR count). The molecule has 3 N–H and O–H groups in total. The molecule has 1 saturated carbocycles. The van der Waals surface area contributed by atoms with E-state index in [4.69, 9.17) is 29.4 Å². The smallest absolute Gasteiger partial charge is 0.404 e. The number of fused-ring (bicyclic) bond motifs is 3. The van der Waals surface area contributed by atoms with Crippen molar-refractivity contribution in [1.82, 2.24) is 15.1 Å². The van der Waals surface area contributed by atoms with Crippen LogP contribution in [0.5, 0.6) is 0 Å². The van der Waals surface area contributed by atoms with Crippen molar-refractivity contribution in [3.05, 3.63) is 46.8 Å². The fourth-order valence-corrected chi connectivity index (χ4v) is 7.91. The largest absolute Gasteiger partial charge is 0.443 e. The summed E-state index contributed by atoms with van der Waals surface area (Å²) in [6.45, 7) is 10.1. The van der Waals surface area contributed by atoms with Crippen LogP contribution in [-0.2, 0) is 38.1 Å². The van der Waals surface area contributed by atoms with Gasteiger partial charge in [-0.2, -0.15) is 0 Å². The Labute approximate surface area is 289 Å². The highest BCUT2D eigenvalue weighted by Crippen LogP contribution is 2.61. The minimum atomic E-state index is -0.911. The van der Waals surface area contributed by atoms with Crippen molar-refractivity contribution in [3.63, 3.8) is 0 Å². The normalized spacial score (nSPS) is 37.1. The van der Waals surface area contributed by atoms with Gasteiger partial charge in [-0.3, -0.25) is 14.4 Å². The summed E-state index contributed by atoms with van der Waals surface area (Å²) < 4.78 is 29.5. The molecule has 2 aliphatic heterocycles. The number of nitrogens with zero attached hydrogens (tertiary/aromatic N) is 2. The van der Waals surface area contributed by atoms with Crippen molar-refractivity contribution in [2.75, 3.05) is 61.7 Å². The number of methoxy groups -OCH3 is 4. The Hall–Kier alpha value is -3.36. The number of Topliss-reactive ketones (excluding diaryl/α,β-unsaturated/α-hetero) is 1. The summed E-state index contributed by atoms with van der Waals surface area (Å²) in [5, 5.41) is 2.79. The molecule has 2 aliphatic carbocycles. The van der Waals surface area contributed by atoms with Gasteiger partial charge in [0.2, 0.25) is 11.6 Å². The Balaban J connectivity index is 1.82. The van der Waals surface area contributed by atoms with E-state index in [9.17, 15) is 19.2 Å². The van der Waals surface area contributed by atoms with Crippen LogP contribution in [0.2, 0.25) is 0 Å². The lowest BCUT2D eigenvalue weighted by Gasteiger charge is -2.38. The van der Waals surface area contributed by atoms with Gasteiger partial charge in [-0.15, -0.1) is 0 Å². The summed E-state index contributed by atoms with van der Waals surface area (Å²) in [6.07, 6.45) is 3.60. The van der Waals surface area contributed by atoms with Crippen LogP contribution in [0, 0.1) is 23.2 Å². The minimum absolute atomic E-state index is 0.0440. The first kappa shape index (κ1) is 38.4. The van der Waals surface area contributed by atoms with E-state index in [2.05, 4.69) is 17.1 Å². The van der Waals surface area contributed by atoms with E-state index in [0.29, 0.717) is 32.6 Å². The summed E-state index contributed by atoms with van der Waals surface area (Å²) in [5.41, 5.74) is 5.62. The second-order valence-corrected chi connectivity index (χ2v) is 14.1. The van der Waals surface area contributed by atoms with E-state index < -0.39 is 47.6 Å². The Kier molecular flexibility index (Phi) is 12.6. The van der Waals surface area contributed by atoms with Crippen LogP contribution in [0.1, 0.15) is 40.5 Å². The highest BCUT2D eigenvalue weighted by molar-refractivity contribution is 6.24. The van der Waals surface area contributed by atoms with E-state index >= 15 is 0 Å². The molecule has 1 saturated heterocycles. The Bertz CT molecular complexity index is 1400. The summed E-state index contributed by atoms with van der Waals surface area (Å²) in [7, 11) is 8.28. The molecule has 2 amide bonds. The number of hydrogen-bond donors (Lipinski definition) is 2. The molecule has 2 heterocycles. The van der Waals surface area contributed by atoms with Gasteiger partial charge in [0, 0.05) is 71.2 Å². The molecule has 13 nitrogen and oxygen atoms in total. The molecule has 2 fully saturated rings. The van der Waals surface area contributed by atoms with Gasteiger partial charge in [0.1, 0.15) is 23.6 Å². The molecule has 272 valence electrons. The fourth-order valence-electron chi connectivity index (χ4n) is 7.91. The van der Waals surface area contributed by atoms with Gasteiger partial charge in [0.15, 0.2) is 0 Å². The molecule has 4 aliphatic rings. The van der Waals surface area contributed by atoms with Gasteiger partial charge in [-0.1, -0.05) is 39.0 Å². The molecule has 0 aromatic rings. The van der Waals surface area contributed by atoms with E-state index in [0.717, 1.165) is 6.42 Å². The molecular formula is C36H54N4O9. The molecule has 0 radical (unpaired) electrons.